The minimum absolute atomic E-state index is 0.879. The van der Waals surface area contributed by atoms with Crippen LogP contribution in [0, 0.1) is 11.8 Å². The van der Waals surface area contributed by atoms with Crippen LogP contribution >= 0.6 is 0 Å². The van der Waals surface area contributed by atoms with E-state index in [4.69, 9.17) is 0 Å². The van der Waals surface area contributed by atoms with Crippen LogP contribution in [0.25, 0.3) is 0 Å². The minimum atomic E-state index is 0.879. The fourth-order valence-corrected chi connectivity index (χ4v) is 2.53. The number of rotatable bonds is 5. The summed E-state index contributed by atoms with van der Waals surface area (Å²) in [6.45, 7) is 5.46. The van der Waals surface area contributed by atoms with Gasteiger partial charge in [-0.1, -0.05) is 31.4 Å². The van der Waals surface area contributed by atoms with Crippen LogP contribution in [-0.4, -0.2) is 28.1 Å². The Hall–Kier alpha value is -0.900. The normalized spacial score (nSPS) is 25.8. The molecular formula is C12H22N4. The Morgan fingerprint density at radius 1 is 1.38 bits per heavy atom. The van der Waals surface area contributed by atoms with E-state index in [9.17, 15) is 0 Å². The molecule has 2 unspecified atom stereocenters. The summed E-state index contributed by atoms with van der Waals surface area (Å²) in [7, 11) is 0. The molecule has 2 atom stereocenters. The van der Waals surface area contributed by atoms with Gasteiger partial charge in [-0.15, -0.1) is 5.10 Å². The van der Waals surface area contributed by atoms with Gasteiger partial charge in [0.2, 0.25) is 0 Å². The molecule has 0 bridgehead atoms. The molecule has 1 N–H and O–H groups in total. The molecule has 1 aliphatic rings. The highest BCUT2D eigenvalue weighted by Crippen LogP contribution is 2.28. The Morgan fingerprint density at radius 2 is 2.25 bits per heavy atom. The number of aromatic nitrogens is 3. The molecule has 0 radical (unpaired) electrons. The monoisotopic (exact) mass is 222 g/mol. The summed E-state index contributed by atoms with van der Waals surface area (Å²) >= 11 is 0. The van der Waals surface area contributed by atoms with E-state index in [1.807, 2.05) is 10.9 Å². The highest BCUT2D eigenvalue weighted by molar-refractivity contribution is 4.74. The standard InChI is InChI=1S/C12H22N4/c1-11-4-2-3-5-12(11)10-13-6-8-16-9-7-14-15-16/h7,9,11-13H,2-6,8,10H2,1H3. The van der Waals surface area contributed by atoms with Gasteiger partial charge in [0.05, 0.1) is 12.7 Å². The van der Waals surface area contributed by atoms with E-state index in [0.29, 0.717) is 0 Å². The van der Waals surface area contributed by atoms with E-state index in [1.165, 1.54) is 25.7 Å². The quantitative estimate of drug-likeness (QED) is 0.771. The maximum atomic E-state index is 3.94. The van der Waals surface area contributed by atoms with Crippen molar-refractivity contribution < 1.29 is 0 Å². The van der Waals surface area contributed by atoms with E-state index in [2.05, 4.69) is 22.6 Å². The van der Waals surface area contributed by atoms with Gasteiger partial charge in [0.15, 0.2) is 0 Å². The first-order chi connectivity index (χ1) is 7.86. The Kier molecular flexibility index (Phi) is 4.34. The van der Waals surface area contributed by atoms with Gasteiger partial charge in [0, 0.05) is 12.7 Å². The predicted octanol–water partition coefficient (Wildman–Crippen LogP) is 1.69. The Morgan fingerprint density at radius 3 is 3.00 bits per heavy atom. The highest BCUT2D eigenvalue weighted by atomic mass is 15.4. The smallest absolute Gasteiger partial charge is 0.0692 e. The number of hydrogen-bond donors (Lipinski definition) is 1. The van der Waals surface area contributed by atoms with Crippen molar-refractivity contribution in [2.24, 2.45) is 11.8 Å². The van der Waals surface area contributed by atoms with Crippen LogP contribution in [-0.2, 0) is 6.54 Å². The van der Waals surface area contributed by atoms with Crippen LogP contribution in [0.15, 0.2) is 12.4 Å². The average molecular weight is 222 g/mol. The van der Waals surface area contributed by atoms with E-state index >= 15 is 0 Å². The second-order valence-corrected chi connectivity index (χ2v) is 4.89. The van der Waals surface area contributed by atoms with Crippen molar-refractivity contribution in [1.29, 1.82) is 0 Å². The van der Waals surface area contributed by atoms with Crippen LogP contribution < -0.4 is 5.32 Å². The van der Waals surface area contributed by atoms with Crippen molar-refractivity contribution in [3.8, 4) is 0 Å². The van der Waals surface area contributed by atoms with Gasteiger partial charge in [-0.25, -0.2) is 0 Å². The molecule has 0 spiro atoms. The van der Waals surface area contributed by atoms with Crippen molar-refractivity contribution in [3.05, 3.63) is 12.4 Å². The summed E-state index contributed by atoms with van der Waals surface area (Å²) in [5, 5.41) is 11.3. The topological polar surface area (TPSA) is 42.7 Å². The van der Waals surface area contributed by atoms with Gasteiger partial charge in [0.1, 0.15) is 0 Å². The number of nitrogens with one attached hydrogen (secondary N) is 1. The summed E-state index contributed by atoms with van der Waals surface area (Å²) in [4.78, 5) is 0. The molecule has 90 valence electrons. The molecule has 0 aromatic carbocycles. The van der Waals surface area contributed by atoms with Gasteiger partial charge < -0.3 is 5.32 Å². The third-order valence-corrected chi connectivity index (χ3v) is 3.69. The molecule has 4 heteroatoms. The predicted molar refractivity (Wildman–Crippen MR) is 64.0 cm³/mol. The van der Waals surface area contributed by atoms with Gasteiger partial charge in [-0.2, -0.15) is 0 Å². The van der Waals surface area contributed by atoms with Crippen LogP contribution in [0.4, 0.5) is 0 Å². The molecule has 1 saturated carbocycles. The molecule has 4 nitrogen and oxygen atoms in total. The summed E-state index contributed by atoms with van der Waals surface area (Å²) in [5.41, 5.74) is 0. The molecule has 0 aliphatic heterocycles. The largest absolute Gasteiger partial charge is 0.315 e. The van der Waals surface area contributed by atoms with Crippen LogP contribution in [0.3, 0.4) is 0 Å². The minimum Gasteiger partial charge on any atom is -0.315 e. The van der Waals surface area contributed by atoms with Gasteiger partial charge >= 0.3 is 0 Å². The van der Waals surface area contributed by atoms with E-state index in [-0.39, 0.29) is 0 Å². The maximum absolute atomic E-state index is 3.94. The summed E-state index contributed by atoms with van der Waals surface area (Å²) in [5.74, 6) is 1.78. The van der Waals surface area contributed by atoms with Crippen molar-refractivity contribution in [2.45, 2.75) is 39.2 Å². The molecule has 0 saturated heterocycles. The SMILES string of the molecule is CC1CCCCC1CNCCn1ccnn1. The summed E-state index contributed by atoms with van der Waals surface area (Å²) < 4.78 is 1.87. The molecule has 1 aliphatic carbocycles. The molecular weight excluding hydrogens is 200 g/mol. The lowest BCUT2D eigenvalue weighted by Crippen LogP contribution is -2.31. The molecule has 1 aromatic heterocycles. The fourth-order valence-electron chi connectivity index (χ4n) is 2.53. The molecule has 1 aromatic rings. The van der Waals surface area contributed by atoms with Crippen molar-refractivity contribution in [2.75, 3.05) is 13.1 Å². The van der Waals surface area contributed by atoms with Gasteiger partial charge in [-0.3, -0.25) is 4.68 Å². The van der Waals surface area contributed by atoms with Crippen LogP contribution in [0.1, 0.15) is 32.6 Å². The number of hydrogen-bond acceptors (Lipinski definition) is 3. The first kappa shape index (κ1) is 11.6. The molecule has 1 heterocycles. The zero-order valence-corrected chi connectivity index (χ0v) is 10.1. The van der Waals surface area contributed by atoms with Gasteiger partial charge in [-0.05, 0) is 24.8 Å². The first-order valence-corrected chi connectivity index (χ1v) is 6.41. The Labute approximate surface area is 97.4 Å². The molecule has 1 fully saturated rings. The van der Waals surface area contributed by atoms with Crippen molar-refractivity contribution >= 4 is 0 Å². The lowest BCUT2D eigenvalue weighted by molar-refractivity contribution is 0.247. The van der Waals surface area contributed by atoms with Gasteiger partial charge in [0.25, 0.3) is 0 Å². The van der Waals surface area contributed by atoms with Crippen LogP contribution in [0.2, 0.25) is 0 Å². The second-order valence-electron chi connectivity index (χ2n) is 4.89. The van der Waals surface area contributed by atoms with E-state index < -0.39 is 0 Å². The third kappa shape index (κ3) is 3.30. The number of nitrogens with zero attached hydrogens (tertiary/aromatic N) is 3. The van der Waals surface area contributed by atoms with E-state index in [1.54, 1.807) is 6.20 Å². The molecule has 16 heavy (non-hydrogen) atoms. The third-order valence-electron chi connectivity index (χ3n) is 3.69. The lowest BCUT2D eigenvalue weighted by atomic mass is 9.80. The van der Waals surface area contributed by atoms with Crippen molar-refractivity contribution in [3.63, 3.8) is 0 Å². The van der Waals surface area contributed by atoms with E-state index in [0.717, 1.165) is 31.5 Å². The Balaban J connectivity index is 1.60. The molecule has 2 rings (SSSR count). The zero-order chi connectivity index (χ0) is 11.2. The maximum Gasteiger partial charge on any atom is 0.0692 e. The second kappa shape index (κ2) is 5.99. The Bertz CT molecular complexity index is 283. The summed E-state index contributed by atoms with van der Waals surface area (Å²) in [6, 6.07) is 0. The van der Waals surface area contributed by atoms with Crippen LogP contribution in [0.5, 0.6) is 0 Å². The fraction of sp³-hybridized carbons (Fsp3) is 0.833. The average Bonchev–Trinajstić information content (AvgIpc) is 2.79. The molecule has 0 amide bonds. The first-order valence-electron chi connectivity index (χ1n) is 6.41. The zero-order valence-electron chi connectivity index (χ0n) is 10.1. The highest BCUT2D eigenvalue weighted by Gasteiger charge is 2.20. The van der Waals surface area contributed by atoms with Crippen molar-refractivity contribution in [1.82, 2.24) is 20.3 Å². The summed E-state index contributed by atoms with van der Waals surface area (Å²) in [6.07, 6.45) is 9.29. The lowest BCUT2D eigenvalue weighted by Gasteiger charge is -2.28.